The van der Waals surface area contributed by atoms with Crippen LogP contribution in [-0.2, 0) is 27.1 Å². The van der Waals surface area contributed by atoms with Crippen molar-refractivity contribution in [3.05, 3.63) is 379 Å². The lowest BCUT2D eigenvalue weighted by molar-refractivity contribution is 0.590. The molecular formula is C119H103BN8. The number of rotatable bonds is 11. The minimum Gasteiger partial charge on any atom is -0.311 e. The van der Waals surface area contributed by atoms with Gasteiger partial charge in [0.1, 0.15) is 0 Å². The SMILES string of the molecule is [2H]c1c([2H])c([2H])c(-c2nc(-c3cc(C(C)(C)C)cc(-c4ccccc4)c3N3c4cc(-n5c6ccc(C(C)(C)C)cc6c6cc(C(C)(C)C)ccc65)ccc4B4c5ccc(-n6c7ccc(C(C)(C)C)cc7c7cc(C(C)(C)C)ccc76)cc5N(c5ccc(-c6ccccc6)cc5-c5ccccc5)c5cc(-n6c7c([2H])c([2H])c([2H])c([2H])c7c7c([2H])c([2H])c([2H])c([2H])c76)cc3c54)nc(-c3c([2H])c([2H])c([2H])c([2H])c3[2H])n2)c([2H])c1[2H]. The van der Waals surface area contributed by atoms with Crippen LogP contribution < -0.4 is 26.2 Å². The molecule has 22 rings (SSSR count). The average Bonchev–Trinajstić information content (AvgIpc) is 0.759. The van der Waals surface area contributed by atoms with Gasteiger partial charge in [0.2, 0.25) is 0 Å². The lowest BCUT2D eigenvalue weighted by atomic mass is 9.33. The van der Waals surface area contributed by atoms with Gasteiger partial charge < -0.3 is 23.5 Å². The quantitative estimate of drug-likeness (QED) is 0.121. The molecule has 128 heavy (non-hydrogen) atoms. The van der Waals surface area contributed by atoms with E-state index >= 15 is 0 Å². The van der Waals surface area contributed by atoms with Crippen molar-refractivity contribution >= 4 is 123 Å². The van der Waals surface area contributed by atoms with Gasteiger partial charge in [0.15, 0.2) is 17.5 Å². The maximum Gasteiger partial charge on any atom is 0.252 e. The molecule has 2 aliphatic heterocycles. The van der Waals surface area contributed by atoms with Gasteiger partial charge in [-0.25, -0.2) is 15.0 Å². The van der Waals surface area contributed by atoms with Crippen molar-refractivity contribution < 1.29 is 24.7 Å². The van der Waals surface area contributed by atoms with Crippen LogP contribution in [-0.4, -0.2) is 35.4 Å². The monoisotopic (exact) mass is 1670 g/mol. The fraction of sp³-hybridized carbons (Fsp3) is 0.168. The maximum atomic E-state index is 10.5. The molecule has 622 valence electrons. The summed E-state index contributed by atoms with van der Waals surface area (Å²) in [5.74, 6) is -1.28. The van der Waals surface area contributed by atoms with E-state index < -0.39 is 144 Å². The number of fused-ring (bicyclic) bond motifs is 13. The van der Waals surface area contributed by atoms with Crippen LogP contribution >= 0.6 is 0 Å². The minimum atomic E-state index is -0.851. The third-order valence-electron chi connectivity index (χ3n) is 25.9. The molecule has 0 fully saturated rings. The Morgan fingerprint density at radius 2 is 0.609 bits per heavy atom. The molecule has 2 aliphatic rings. The third kappa shape index (κ3) is 13.3. The Labute approximate surface area is 776 Å². The van der Waals surface area contributed by atoms with Crippen LogP contribution in [0.5, 0.6) is 0 Å². The van der Waals surface area contributed by atoms with Crippen LogP contribution in [0.4, 0.5) is 34.1 Å². The number of para-hydroxylation sites is 2. The van der Waals surface area contributed by atoms with Gasteiger partial charge in [-0.15, -0.1) is 0 Å². The van der Waals surface area contributed by atoms with Gasteiger partial charge in [-0.2, -0.15) is 0 Å². The number of nitrogens with zero attached hydrogens (tertiary/aromatic N) is 8. The summed E-state index contributed by atoms with van der Waals surface area (Å²) in [6.45, 7) is 31.9. The summed E-state index contributed by atoms with van der Waals surface area (Å²) in [6, 6.07) is 72.6. The normalized spacial score (nSPS) is 15.0. The highest BCUT2D eigenvalue weighted by Crippen LogP contribution is 2.55. The van der Waals surface area contributed by atoms with Gasteiger partial charge in [-0.3, -0.25) is 0 Å². The molecule has 6 heterocycles. The average molecular weight is 1670 g/mol. The van der Waals surface area contributed by atoms with E-state index in [1.807, 2.05) is 106 Å². The largest absolute Gasteiger partial charge is 0.311 e. The first kappa shape index (κ1) is 61.8. The lowest BCUT2D eigenvalue weighted by Gasteiger charge is -2.46. The molecule has 0 bridgehead atoms. The van der Waals surface area contributed by atoms with Crippen molar-refractivity contribution in [3.8, 4) is 84.6 Å². The molecule has 9 heteroatoms. The summed E-state index contributed by atoms with van der Waals surface area (Å²) in [5.41, 5.74) is 17.4. The Hall–Kier alpha value is -14.4. The molecule has 0 saturated heterocycles. The number of aromatic nitrogens is 6. The summed E-state index contributed by atoms with van der Waals surface area (Å²) in [5, 5.41) is 3.77. The van der Waals surface area contributed by atoms with Crippen LogP contribution in [0.3, 0.4) is 0 Å². The number of hydrogen-bond acceptors (Lipinski definition) is 5. The molecule has 0 radical (unpaired) electrons. The Balaban J connectivity index is 0.986. The fourth-order valence-corrected chi connectivity index (χ4v) is 19.2. The summed E-state index contributed by atoms with van der Waals surface area (Å²) >= 11 is 0. The molecule has 0 saturated carbocycles. The van der Waals surface area contributed by atoms with Crippen molar-refractivity contribution in [1.82, 2.24) is 28.7 Å². The zero-order chi connectivity index (χ0) is 103. The molecule has 16 aromatic carbocycles. The van der Waals surface area contributed by atoms with E-state index in [1.54, 1.807) is 4.57 Å². The van der Waals surface area contributed by atoms with E-state index in [0.29, 0.717) is 62.0 Å². The molecule has 0 spiro atoms. The molecule has 0 aliphatic carbocycles. The summed E-state index contributed by atoms with van der Waals surface area (Å²) in [4.78, 5) is 20.2. The van der Waals surface area contributed by atoms with E-state index in [-0.39, 0.29) is 60.5 Å². The maximum absolute atomic E-state index is 10.5. The van der Waals surface area contributed by atoms with E-state index in [9.17, 15) is 21.9 Å². The zero-order valence-corrected chi connectivity index (χ0v) is 74.2. The van der Waals surface area contributed by atoms with Crippen molar-refractivity contribution in [3.63, 3.8) is 0 Å². The second-order valence-electron chi connectivity index (χ2n) is 39.2. The zero-order valence-electron chi connectivity index (χ0n) is 92.2. The standard InChI is InChI=1S/C119H103BN8/c1-115(2,3)80-50-59-102-92(64-80)93-65-81(116(4,5)6)51-60-103(93)124(102)85-54-56-97-106(70-85)127(101-58-49-79(74-35-21-16-22-36-74)63-90(101)75-37-23-17-24-38-75)108-72-87(126-99-47-33-31-45-88(99)89-46-32-34-48-100(89)126)73-109-110(108)120(97)98-57-55-86(125-104-61-52-82(117(7,8)9)66-94(104)95-67-83(118(10,11)12)53-62-105(95)125)71-107(98)128(109)111-91(76-39-25-18-26-40-76)68-84(119(13,14)15)69-96(111)114-122-112(77-41-27-19-28-42-77)121-113(123-114)78-43-29-20-30-44-78/h16-73H,1-15H3/i19D,20D,27D,28D,29D,30D,31D,32D,33D,34D,41D,42D,43D,44D,45D,46D,47D,48D. The Morgan fingerprint density at radius 1 is 0.242 bits per heavy atom. The third-order valence-corrected chi connectivity index (χ3v) is 25.9. The molecule has 4 aromatic heterocycles. The second kappa shape index (κ2) is 29.6. The lowest BCUT2D eigenvalue weighted by Crippen LogP contribution is -2.61. The first-order valence-corrected chi connectivity index (χ1v) is 43.8. The first-order valence-electron chi connectivity index (χ1n) is 52.8. The van der Waals surface area contributed by atoms with Crippen molar-refractivity contribution in [2.75, 3.05) is 9.80 Å². The van der Waals surface area contributed by atoms with Gasteiger partial charge >= 0.3 is 0 Å². The minimum absolute atomic E-state index is 0.156. The highest BCUT2D eigenvalue weighted by atomic mass is 15.2. The van der Waals surface area contributed by atoms with E-state index in [1.165, 1.54) is 0 Å². The molecule has 0 unspecified atom stereocenters. The highest BCUT2D eigenvalue weighted by Gasteiger charge is 2.47. The summed E-state index contributed by atoms with van der Waals surface area (Å²) < 4.78 is 180. The second-order valence-corrected chi connectivity index (χ2v) is 39.2. The number of benzene rings is 16. The van der Waals surface area contributed by atoms with Gasteiger partial charge in [0, 0.05) is 94.3 Å². The van der Waals surface area contributed by atoms with Gasteiger partial charge in [0.25, 0.3) is 6.71 Å². The Bertz CT molecular complexity index is 8710. The summed E-state index contributed by atoms with van der Waals surface area (Å²) in [6.07, 6.45) is 0. The predicted octanol–water partition coefficient (Wildman–Crippen LogP) is 29.7. The molecule has 0 amide bonds. The predicted molar refractivity (Wildman–Crippen MR) is 543 cm³/mol. The molecule has 8 nitrogen and oxygen atoms in total. The topological polar surface area (TPSA) is 59.9 Å². The smallest absolute Gasteiger partial charge is 0.252 e. The Morgan fingerprint density at radius 3 is 1.05 bits per heavy atom. The van der Waals surface area contributed by atoms with Gasteiger partial charge in [0.05, 0.1) is 74.8 Å². The first-order chi connectivity index (χ1) is 69.1. The van der Waals surface area contributed by atoms with E-state index in [0.717, 1.165) is 105 Å². The van der Waals surface area contributed by atoms with Crippen LogP contribution in [0.1, 0.15) is 156 Å². The van der Waals surface area contributed by atoms with Gasteiger partial charge in [-0.05, 0) is 215 Å². The van der Waals surface area contributed by atoms with Crippen LogP contribution in [0.2, 0.25) is 0 Å². The van der Waals surface area contributed by atoms with Gasteiger partial charge in [-0.1, -0.05) is 334 Å². The van der Waals surface area contributed by atoms with Crippen molar-refractivity contribution in [2.45, 2.75) is 131 Å². The Kier molecular flexibility index (Phi) is 14.3. The number of hydrogen-bond donors (Lipinski definition) is 0. The van der Waals surface area contributed by atoms with E-state index in [4.69, 9.17) is 17.7 Å². The molecular weight excluding hydrogens is 1550 g/mol. The molecule has 20 aromatic rings. The fourth-order valence-electron chi connectivity index (χ4n) is 19.2. The van der Waals surface area contributed by atoms with Crippen LogP contribution in [0.25, 0.3) is 150 Å². The number of anilines is 6. The van der Waals surface area contributed by atoms with E-state index in [2.05, 4.69) is 260 Å². The molecule has 0 atom stereocenters. The van der Waals surface area contributed by atoms with Crippen LogP contribution in [0.15, 0.2) is 351 Å². The summed E-state index contributed by atoms with van der Waals surface area (Å²) in [7, 11) is 0. The molecule has 0 N–H and O–H groups in total. The van der Waals surface area contributed by atoms with Crippen molar-refractivity contribution in [1.29, 1.82) is 0 Å². The van der Waals surface area contributed by atoms with Crippen molar-refractivity contribution in [2.24, 2.45) is 0 Å². The van der Waals surface area contributed by atoms with Crippen LogP contribution in [0, 0.1) is 0 Å². The highest BCUT2D eigenvalue weighted by molar-refractivity contribution is 7.00.